The van der Waals surface area contributed by atoms with Crippen molar-refractivity contribution < 1.29 is 19.1 Å². The summed E-state index contributed by atoms with van der Waals surface area (Å²) in [5.41, 5.74) is 4.98. The van der Waals surface area contributed by atoms with E-state index < -0.39 is 11.9 Å². The Morgan fingerprint density at radius 2 is 1.89 bits per heavy atom. The number of halogens is 1. The highest BCUT2D eigenvalue weighted by atomic mass is 35.5. The number of urea groups is 1. The lowest BCUT2D eigenvalue weighted by Gasteiger charge is -2.31. The van der Waals surface area contributed by atoms with Crippen LogP contribution in [0.4, 0.5) is 4.79 Å². The number of hydrazine groups is 1. The molecule has 1 aliphatic rings. The lowest BCUT2D eigenvalue weighted by molar-refractivity contribution is -0.126. The SMILES string of the molecule is COc1ccc(Cl)cc1C(=O)NNC(=O)N1CCC(C(=O)NCC(C)C)CC1. The highest BCUT2D eigenvalue weighted by molar-refractivity contribution is 6.31. The molecule has 4 amide bonds. The smallest absolute Gasteiger partial charge is 0.336 e. The summed E-state index contributed by atoms with van der Waals surface area (Å²) in [5, 5.41) is 3.32. The number of ether oxygens (including phenoxy) is 1. The molecular formula is C19H27ClN4O4. The number of hydrogen-bond donors (Lipinski definition) is 3. The second-order valence-electron chi connectivity index (χ2n) is 7.13. The molecule has 0 spiro atoms. The lowest BCUT2D eigenvalue weighted by Crippen LogP contribution is -2.52. The third-order valence-electron chi connectivity index (χ3n) is 4.53. The van der Waals surface area contributed by atoms with Gasteiger partial charge < -0.3 is 15.0 Å². The summed E-state index contributed by atoms with van der Waals surface area (Å²) in [6, 6.07) is 4.23. The minimum absolute atomic E-state index is 0.0371. The van der Waals surface area contributed by atoms with Gasteiger partial charge in [-0.2, -0.15) is 0 Å². The van der Waals surface area contributed by atoms with Crippen LogP contribution in [0.25, 0.3) is 0 Å². The molecule has 0 bridgehead atoms. The Hall–Kier alpha value is -2.48. The third kappa shape index (κ3) is 6.02. The molecule has 1 saturated heterocycles. The van der Waals surface area contributed by atoms with Crippen LogP contribution >= 0.6 is 11.6 Å². The van der Waals surface area contributed by atoms with Crippen molar-refractivity contribution in [3.05, 3.63) is 28.8 Å². The van der Waals surface area contributed by atoms with E-state index in [1.165, 1.54) is 13.2 Å². The first-order valence-electron chi connectivity index (χ1n) is 9.28. The number of nitrogens with zero attached hydrogens (tertiary/aromatic N) is 1. The first kappa shape index (κ1) is 21.8. The van der Waals surface area contributed by atoms with Crippen molar-refractivity contribution in [2.75, 3.05) is 26.7 Å². The topological polar surface area (TPSA) is 99.8 Å². The Morgan fingerprint density at radius 3 is 2.50 bits per heavy atom. The van der Waals surface area contributed by atoms with Crippen molar-refractivity contribution in [3.63, 3.8) is 0 Å². The number of carbonyl (C=O) groups is 3. The number of amides is 4. The summed E-state index contributed by atoms with van der Waals surface area (Å²) in [7, 11) is 1.44. The van der Waals surface area contributed by atoms with E-state index in [0.29, 0.717) is 49.2 Å². The Kier molecular flexibility index (Phi) is 7.92. The zero-order valence-corrected chi connectivity index (χ0v) is 17.1. The zero-order chi connectivity index (χ0) is 20.7. The fourth-order valence-corrected chi connectivity index (χ4v) is 3.08. The number of nitrogens with one attached hydrogen (secondary N) is 3. The molecular weight excluding hydrogens is 384 g/mol. The summed E-state index contributed by atoms with van der Waals surface area (Å²) in [5.74, 6) is 0.166. The third-order valence-corrected chi connectivity index (χ3v) is 4.76. The first-order valence-corrected chi connectivity index (χ1v) is 9.66. The maximum Gasteiger partial charge on any atom is 0.336 e. The zero-order valence-electron chi connectivity index (χ0n) is 16.4. The van der Waals surface area contributed by atoms with Gasteiger partial charge in [-0.3, -0.25) is 15.0 Å². The maximum atomic E-state index is 12.3. The van der Waals surface area contributed by atoms with Gasteiger partial charge in [-0.05, 0) is 37.0 Å². The molecule has 0 aliphatic carbocycles. The van der Waals surface area contributed by atoms with E-state index in [1.807, 2.05) is 13.8 Å². The Balaban J connectivity index is 1.81. The van der Waals surface area contributed by atoms with Crippen LogP contribution in [0.1, 0.15) is 37.0 Å². The van der Waals surface area contributed by atoms with Gasteiger partial charge in [0.2, 0.25) is 5.91 Å². The standard InChI is InChI=1S/C19H27ClN4O4/c1-12(2)11-21-17(25)13-6-8-24(9-7-13)19(27)23-22-18(26)15-10-14(20)4-5-16(15)28-3/h4-5,10,12-13H,6-9,11H2,1-3H3,(H,21,25)(H,22,26)(H,23,27). The second-order valence-corrected chi connectivity index (χ2v) is 7.57. The van der Waals surface area contributed by atoms with Crippen molar-refractivity contribution >= 4 is 29.4 Å². The van der Waals surface area contributed by atoms with Crippen LogP contribution < -0.4 is 20.9 Å². The Bertz CT molecular complexity index is 718. The van der Waals surface area contributed by atoms with Gasteiger partial charge in [-0.1, -0.05) is 25.4 Å². The number of rotatable bonds is 5. The minimum atomic E-state index is -0.532. The molecule has 0 radical (unpaired) electrons. The van der Waals surface area contributed by atoms with Crippen LogP contribution in [0.3, 0.4) is 0 Å². The van der Waals surface area contributed by atoms with Gasteiger partial charge in [-0.15, -0.1) is 0 Å². The fraction of sp³-hybridized carbons (Fsp3) is 0.526. The number of hydrogen-bond acceptors (Lipinski definition) is 4. The second kappa shape index (κ2) is 10.2. The summed E-state index contributed by atoms with van der Waals surface area (Å²) < 4.78 is 5.13. The summed E-state index contributed by atoms with van der Waals surface area (Å²) in [4.78, 5) is 38.3. The molecule has 1 aromatic carbocycles. The molecule has 1 aliphatic heterocycles. The Labute approximate surface area is 169 Å². The Morgan fingerprint density at radius 1 is 1.21 bits per heavy atom. The van der Waals surface area contributed by atoms with Crippen LogP contribution in [0.2, 0.25) is 5.02 Å². The highest BCUT2D eigenvalue weighted by Crippen LogP contribution is 2.22. The van der Waals surface area contributed by atoms with Gasteiger partial charge in [0, 0.05) is 30.6 Å². The first-order chi connectivity index (χ1) is 13.3. The van der Waals surface area contributed by atoms with Crippen LogP contribution in [0, 0.1) is 11.8 Å². The summed E-state index contributed by atoms with van der Waals surface area (Å²) in [6.07, 6.45) is 1.18. The molecule has 1 heterocycles. The quantitative estimate of drug-likeness (QED) is 0.648. The van der Waals surface area contributed by atoms with Crippen molar-refractivity contribution in [2.24, 2.45) is 11.8 Å². The average Bonchev–Trinajstić information content (AvgIpc) is 2.69. The summed E-state index contributed by atoms with van der Waals surface area (Å²) in [6.45, 7) is 5.63. The van der Waals surface area contributed by atoms with E-state index in [0.717, 1.165) is 0 Å². The number of piperidine rings is 1. The van der Waals surface area contributed by atoms with Gasteiger partial charge >= 0.3 is 6.03 Å². The van der Waals surface area contributed by atoms with Gasteiger partial charge in [0.05, 0.1) is 12.7 Å². The molecule has 3 N–H and O–H groups in total. The van der Waals surface area contributed by atoms with Crippen molar-refractivity contribution in [3.8, 4) is 5.75 Å². The van der Waals surface area contributed by atoms with Crippen LogP contribution in [0.15, 0.2) is 18.2 Å². The average molecular weight is 411 g/mol. The van der Waals surface area contributed by atoms with E-state index in [2.05, 4.69) is 16.2 Å². The number of benzene rings is 1. The largest absolute Gasteiger partial charge is 0.496 e. The van der Waals surface area contributed by atoms with Gasteiger partial charge in [0.25, 0.3) is 5.91 Å². The molecule has 154 valence electrons. The molecule has 1 aromatic rings. The normalized spacial score (nSPS) is 14.5. The van der Waals surface area contributed by atoms with Crippen LogP contribution in [-0.2, 0) is 4.79 Å². The van der Waals surface area contributed by atoms with Gasteiger partial charge in [-0.25, -0.2) is 10.2 Å². The van der Waals surface area contributed by atoms with Crippen LogP contribution in [0.5, 0.6) is 5.75 Å². The molecule has 8 nitrogen and oxygen atoms in total. The number of methoxy groups -OCH3 is 1. The van der Waals surface area contributed by atoms with Crippen LogP contribution in [-0.4, -0.2) is 49.5 Å². The van der Waals surface area contributed by atoms with Gasteiger partial charge in [0.15, 0.2) is 0 Å². The molecule has 0 saturated carbocycles. The summed E-state index contributed by atoms with van der Waals surface area (Å²) >= 11 is 5.92. The fourth-order valence-electron chi connectivity index (χ4n) is 2.91. The van der Waals surface area contributed by atoms with E-state index in [-0.39, 0.29) is 17.4 Å². The number of carbonyl (C=O) groups excluding carboxylic acids is 3. The molecule has 28 heavy (non-hydrogen) atoms. The van der Waals surface area contributed by atoms with Gasteiger partial charge in [0.1, 0.15) is 5.75 Å². The maximum absolute atomic E-state index is 12.3. The molecule has 9 heteroatoms. The van der Waals surface area contributed by atoms with Crippen molar-refractivity contribution in [2.45, 2.75) is 26.7 Å². The van der Waals surface area contributed by atoms with E-state index >= 15 is 0 Å². The van der Waals surface area contributed by atoms with E-state index in [4.69, 9.17) is 16.3 Å². The van der Waals surface area contributed by atoms with Crippen molar-refractivity contribution in [1.29, 1.82) is 0 Å². The van der Waals surface area contributed by atoms with E-state index in [1.54, 1.807) is 17.0 Å². The van der Waals surface area contributed by atoms with Crippen molar-refractivity contribution in [1.82, 2.24) is 21.1 Å². The predicted molar refractivity (Wildman–Crippen MR) is 106 cm³/mol. The number of likely N-dealkylation sites (tertiary alicyclic amines) is 1. The minimum Gasteiger partial charge on any atom is -0.496 e. The molecule has 1 fully saturated rings. The molecule has 2 rings (SSSR count). The van der Waals surface area contributed by atoms with E-state index in [9.17, 15) is 14.4 Å². The highest BCUT2D eigenvalue weighted by Gasteiger charge is 2.27. The molecule has 0 unspecified atom stereocenters. The monoisotopic (exact) mass is 410 g/mol. The molecule has 0 aromatic heterocycles. The lowest BCUT2D eigenvalue weighted by atomic mass is 9.96. The predicted octanol–water partition coefficient (Wildman–Crippen LogP) is 2.19. The molecule has 0 atom stereocenters.